The van der Waals surface area contributed by atoms with Gasteiger partial charge < -0.3 is 14.8 Å². The van der Waals surface area contributed by atoms with Crippen LogP contribution in [-0.2, 0) is 20.7 Å². The Morgan fingerprint density at radius 1 is 0.969 bits per heavy atom. The van der Waals surface area contributed by atoms with Crippen LogP contribution in [0.25, 0.3) is 0 Å². The standard InChI is InChI=1S/C23H25N3O5S/c1-2-15-30-19-11-7-6-10-18(19)22(29)25-26-23(32)24-20(27)12-13-21(28)31-16-14-17-8-4-3-5-9-17/h2-11H,1,12-16H2,(H,25,29)(H2,24,26,27,32). The zero-order valence-electron chi connectivity index (χ0n) is 17.5. The molecule has 2 aromatic carbocycles. The van der Waals surface area contributed by atoms with E-state index in [1.165, 1.54) is 0 Å². The quantitative estimate of drug-likeness (QED) is 0.219. The molecule has 0 aliphatic heterocycles. The molecule has 0 aliphatic rings. The maximum atomic E-state index is 12.3. The number of rotatable bonds is 10. The summed E-state index contributed by atoms with van der Waals surface area (Å²) in [6.45, 7) is 4.06. The van der Waals surface area contributed by atoms with E-state index in [1.807, 2.05) is 30.3 Å². The molecule has 0 aliphatic carbocycles. The van der Waals surface area contributed by atoms with Crippen molar-refractivity contribution in [2.45, 2.75) is 19.3 Å². The second-order valence-corrected chi connectivity index (χ2v) is 6.92. The van der Waals surface area contributed by atoms with Gasteiger partial charge in [-0.1, -0.05) is 55.1 Å². The Labute approximate surface area is 192 Å². The number of para-hydroxylation sites is 1. The maximum Gasteiger partial charge on any atom is 0.306 e. The number of nitrogens with one attached hydrogen (secondary N) is 3. The van der Waals surface area contributed by atoms with Crippen LogP contribution in [0.5, 0.6) is 5.75 Å². The summed E-state index contributed by atoms with van der Waals surface area (Å²) >= 11 is 4.99. The first kappa shape index (κ1) is 24.5. The van der Waals surface area contributed by atoms with Crippen LogP contribution >= 0.6 is 12.2 Å². The fourth-order valence-electron chi connectivity index (χ4n) is 2.55. The fourth-order valence-corrected chi connectivity index (χ4v) is 2.71. The molecule has 0 fully saturated rings. The molecule has 0 heterocycles. The van der Waals surface area contributed by atoms with Gasteiger partial charge in [-0.05, 0) is 29.9 Å². The molecule has 0 saturated heterocycles. The van der Waals surface area contributed by atoms with Crippen LogP contribution in [0, 0.1) is 0 Å². The lowest BCUT2D eigenvalue weighted by atomic mass is 10.2. The molecule has 0 atom stereocenters. The van der Waals surface area contributed by atoms with Gasteiger partial charge in [0.2, 0.25) is 5.91 Å². The van der Waals surface area contributed by atoms with Crippen molar-refractivity contribution < 1.29 is 23.9 Å². The molecule has 2 amide bonds. The number of esters is 1. The molecule has 168 valence electrons. The van der Waals surface area contributed by atoms with E-state index in [1.54, 1.807) is 30.3 Å². The van der Waals surface area contributed by atoms with Crippen molar-refractivity contribution in [2.24, 2.45) is 0 Å². The minimum Gasteiger partial charge on any atom is -0.489 e. The largest absolute Gasteiger partial charge is 0.489 e. The summed E-state index contributed by atoms with van der Waals surface area (Å²) < 4.78 is 10.6. The van der Waals surface area contributed by atoms with Gasteiger partial charge in [-0.3, -0.25) is 25.2 Å². The van der Waals surface area contributed by atoms with E-state index in [2.05, 4.69) is 22.7 Å². The average molecular weight is 456 g/mol. The van der Waals surface area contributed by atoms with Crippen LogP contribution in [0.2, 0.25) is 0 Å². The summed E-state index contributed by atoms with van der Waals surface area (Å²) in [5, 5.41) is 2.28. The van der Waals surface area contributed by atoms with E-state index in [0.717, 1.165) is 5.56 Å². The van der Waals surface area contributed by atoms with Gasteiger partial charge in [0.1, 0.15) is 12.4 Å². The summed E-state index contributed by atoms with van der Waals surface area (Å²) in [5.41, 5.74) is 6.18. The Balaban J connectivity index is 1.66. The Bertz CT molecular complexity index is 950. The lowest BCUT2D eigenvalue weighted by Gasteiger charge is -2.13. The molecule has 0 bridgehead atoms. The molecule has 0 unspecified atom stereocenters. The van der Waals surface area contributed by atoms with Crippen molar-refractivity contribution in [1.82, 2.24) is 16.2 Å². The number of carbonyl (C=O) groups is 3. The molecule has 2 aromatic rings. The summed E-state index contributed by atoms with van der Waals surface area (Å²) in [7, 11) is 0. The highest BCUT2D eigenvalue weighted by atomic mass is 32.1. The highest BCUT2D eigenvalue weighted by molar-refractivity contribution is 7.80. The van der Waals surface area contributed by atoms with Crippen LogP contribution in [-0.4, -0.2) is 36.1 Å². The molecular weight excluding hydrogens is 430 g/mol. The number of carbonyl (C=O) groups excluding carboxylic acids is 3. The Morgan fingerprint density at radius 3 is 2.44 bits per heavy atom. The third kappa shape index (κ3) is 8.97. The number of hydrogen-bond acceptors (Lipinski definition) is 6. The van der Waals surface area contributed by atoms with Crippen molar-refractivity contribution in [3.63, 3.8) is 0 Å². The second-order valence-electron chi connectivity index (χ2n) is 6.51. The van der Waals surface area contributed by atoms with E-state index < -0.39 is 17.8 Å². The number of hydrogen-bond donors (Lipinski definition) is 3. The van der Waals surface area contributed by atoms with Crippen molar-refractivity contribution in [3.8, 4) is 5.75 Å². The van der Waals surface area contributed by atoms with Gasteiger partial charge in [-0.2, -0.15) is 0 Å². The fraction of sp³-hybridized carbons (Fsp3) is 0.217. The highest BCUT2D eigenvalue weighted by Crippen LogP contribution is 2.17. The first-order valence-electron chi connectivity index (χ1n) is 9.92. The third-order valence-electron chi connectivity index (χ3n) is 4.08. The van der Waals surface area contributed by atoms with Crippen molar-refractivity contribution in [3.05, 3.63) is 78.4 Å². The number of benzene rings is 2. The van der Waals surface area contributed by atoms with E-state index in [-0.39, 0.29) is 36.7 Å². The Morgan fingerprint density at radius 2 is 1.69 bits per heavy atom. The smallest absolute Gasteiger partial charge is 0.306 e. The topological polar surface area (TPSA) is 106 Å². The zero-order valence-corrected chi connectivity index (χ0v) is 18.3. The Hall–Kier alpha value is -3.72. The van der Waals surface area contributed by atoms with Crippen molar-refractivity contribution in [2.75, 3.05) is 13.2 Å². The Kier molecular flexibility index (Phi) is 10.4. The van der Waals surface area contributed by atoms with Crippen LogP contribution < -0.4 is 20.9 Å². The molecule has 0 aromatic heterocycles. The summed E-state index contributed by atoms with van der Waals surface area (Å²) in [5.74, 6) is -1.07. The normalized spacial score (nSPS) is 9.88. The second kappa shape index (κ2) is 13.6. The van der Waals surface area contributed by atoms with Gasteiger partial charge in [0, 0.05) is 12.8 Å². The molecule has 32 heavy (non-hydrogen) atoms. The number of amides is 2. The molecule has 0 radical (unpaired) electrons. The van der Waals surface area contributed by atoms with Crippen LogP contribution in [0.3, 0.4) is 0 Å². The lowest BCUT2D eigenvalue weighted by Crippen LogP contribution is -2.48. The van der Waals surface area contributed by atoms with E-state index in [4.69, 9.17) is 21.7 Å². The minimum atomic E-state index is -0.497. The summed E-state index contributed by atoms with van der Waals surface area (Å²) in [6, 6.07) is 16.3. The predicted octanol–water partition coefficient (Wildman–Crippen LogP) is 2.45. The summed E-state index contributed by atoms with van der Waals surface area (Å²) in [6.07, 6.45) is 1.99. The molecule has 0 saturated carbocycles. The number of hydrazine groups is 1. The monoisotopic (exact) mass is 455 g/mol. The summed E-state index contributed by atoms with van der Waals surface area (Å²) in [4.78, 5) is 36.1. The van der Waals surface area contributed by atoms with Crippen molar-refractivity contribution in [1.29, 1.82) is 0 Å². The molecular formula is C23H25N3O5S. The van der Waals surface area contributed by atoms with Gasteiger partial charge >= 0.3 is 5.97 Å². The predicted molar refractivity (Wildman–Crippen MR) is 124 cm³/mol. The molecule has 0 spiro atoms. The van der Waals surface area contributed by atoms with Crippen LogP contribution in [0.4, 0.5) is 0 Å². The van der Waals surface area contributed by atoms with Gasteiger partial charge in [-0.15, -0.1) is 0 Å². The van der Waals surface area contributed by atoms with Gasteiger partial charge in [0.25, 0.3) is 5.91 Å². The maximum absolute atomic E-state index is 12.3. The molecule has 3 N–H and O–H groups in total. The average Bonchev–Trinajstić information content (AvgIpc) is 2.80. The third-order valence-corrected chi connectivity index (χ3v) is 4.29. The highest BCUT2D eigenvalue weighted by Gasteiger charge is 2.13. The first-order valence-corrected chi connectivity index (χ1v) is 10.3. The number of ether oxygens (including phenoxy) is 2. The minimum absolute atomic E-state index is 0.0797. The van der Waals surface area contributed by atoms with E-state index in [9.17, 15) is 14.4 Å². The van der Waals surface area contributed by atoms with E-state index >= 15 is 0 Å². The van der Waals surface area contributed by atoms with Gasteiger partial charge in [0.05, 0.1) is 18.6 Å². The number of thiocarbonyl (C=S) groups is 1. The SMILES string of the molecule is C=CCOc1ccccc1C(=O)NNC(=S)NC(=O)CCC(=O)OCCc1ccccc1. The van der Waals surface area contributed by atoms with E-state index in [0.29, 0.717) is 12.2 Å². The zero-order chi connectivity index (χ0) is 23.2. The van der Waals surface area contributed by atoms with Crippen molar-refractivity contribution >= 4 is 35.1 Å². The first-order chi connectivity index (χ1) is 15.5. The lowest BCUT2D eigenvalue weighted by molar-refractivity contribution is -0.144. The van der Waals surface area contributed by atoms with Crippen LogP contribution in [0.1, 0.15) is 28.8 Å². The molecule has 8 nitrogen and oxygen atoms in total. The molecule has 9 heteroatoms. The van der Waals surface area contributed by atoms with Gasteiger partial charge in [0.15, 0.2) is 5.11 Å². The van der Waals surface area contributed by atoms with Gasteiger partial charge in [-0.25, -0.2) is 0 Å². The molecule has 2 rings (SSSR count). The van der Waals surface area contributed by atoms with Crippen LogP contribution in [0.15, 0.2) is 67.3 Å².